The van der Waals surface area contributed by atoms with Crippen LogP contribution >= 0.6 is 0 Å². The number of rotatable bonds is 6. The molecule has 0 aliphatic heterocycles. The summed E-state index contributed by atoms with van der Waals surface area (Å²) in [6.07, 6.45) is 3.05. The number of unbranched alkanes of at least 4 members (excludes halogenated alkanes) is 1. The van der Waals surface area contributed by atoms with E-state index in [-0.39, 0.29) is 0 Å². The van der Waals surface area contributed by atoms with Crippen molar-refractivity contribution in [1.82, 2.24) is 9.38 Å². The average molecular weight is 384 g/mol. The molecule has 2 aromatic heterocycles. The van der Waals surface area contributed by atoms with Crippen LogP contribution < -0.4 is 10.1 Å². The van der Waals surface area contributed by atoms with E-state index in [1.807, 2.05) is 49.4 Å². The minimum Gasteiger partial charge on any atom is -0.497 e. The van der Waals surface area contributed by atoms with E-state index < -0.39 is 0 Å². The number of nitrogens with zero attached hydrogens (tertiary/aromatic N) is 3. The highest BCUT2D eigenvalue weighted by molar-refractivity contribution is 5.87. The van der Waals surface area contributed by atoms with Crippen LogP contribution in [0, 0.1) is 18.3 Å². The molecule has 29 heavy (non-hydrogen) atoms. The van der Waals surface area contributed by atoms with E-state index in [1.165, 1.54) is 0 Å². The molecule has 4 aromatic rings. The van der Waals surface area contributed by atoms with E-state index in [4.69, 9.17) is 9.72 Å². The summed E-state index contributed by atoms with van der Waals surface area (Å²) in [4.78, 5) is 4.78. The lowest BCUT2D eigenvalue weighted by Gasteiger charge is -2.19. The fourth-order valence-electron chi connectivity index (χ4n) is 3.79. The van der Waals surface area contributed by atoms with Gasteiger partial charge in [0.15, 0.2) is 5.65 Å². The number of ether oxygens (including phenoxy) is 1. The quantitative estimate of drug-likeness (QED) is 0.459. The largest absolute Gasteiger partial charge is 0.497 e. The number of para-hydroxylation sites is 2. The van der Waals surface area contributed by atoms with Crippen LogP contribution in [-0.2, 0) is 6.42 Å². The molecule has 5 heteroatoms. The predicted molar refractivity (Wildman–Crippen MR) is 117 cm³/mol. The third kappa shape index (κ3) is 3.27. The SMILES string of the molecule is CCCCc1c(C)c(C#N)c2nc3ccccc3n2c1Nc1ccc(OC)cc1. The number of aromatic nitrogens is 2. The van der Waals surface area contributed by atoms with E-state index in [0.29, 0.717) is 11.2 Å². The Hall–Kier alpha value is -3.52. The first-order valence-electron chi connectivity index (χ1n) is 9.91. The molecule has 2 aromatic carbocycles. The third-order valence-corrected chi connectivity index (χ3v) is 5.37. The minimum absolute atomic E-state index is 0.646. The van der Waals surface area contributed by atoms with Crippen molar-refractivity contribution in [2.45, 2.75) is 33.1 Å². The van der Waals surface area contributed by atoms with Crippen LogP contribution in [0.3, 0.4) is 0 Å². The number of nitrogens with one attached hydrogen (secondary N) is 1. The summed E-state index contributed by atoms with van der Waals surface area (Å²) in [6, 6.07) is 18.3. The van der Waals surface area contributed by atoms with Gasteiger partial charge in [-0.05, 0) is 67.3 Å². The van der Waals surface area contributed by atoms with Crippen LogP contribution in [0.25, 0.3) is 16.7 Å². The van der Waals surface area contributed by atoms with E-state index in [0.717, 1.165) is 58.7 Å². The van der Waals surface area contributed by atoms with Gasteiger partial charge in [-0.1, -0.05) is 25.5 Å². The summed E-state index contributed by atoms with van der Waals surface area (Å²) in [5.74, 6) is 1.79. The monoisotopic (exact) mass is 384 g/mol. The van der Waals surface area contributed by atoms with Crippen molar-refractivity contribution in [2.24, 2.45) is 0 Å². The zero-order valence-electron chi connectivity index (χ0n) is 17.0. The predicted octanol–water partition coefficient (Wildman–Crippen LogP) is 5.76. The molecule has 0 saturated heterocycles. The molecule has 5 nitrogen and oxygen atoms in total. The topological polar surface area (TPSA) is 62.4 Å². The molecule has 0 atom stereocenters. The third-order valence-electron chi connectivity index (χ3n) is 5.37. The van der Waals surface area contributed by atoms with Crippen molar-refractivity contribution in [3.63, 3.8) is 0 Å². The molecule has 0 amide bonds. The van der Waals surface area contributed by atoms with Gasteiger partial charge < -0.3 is 10.1 Å². The molecule has 0 radical (unpaired) electrons. The molecule has 146 valence electrons. The zero-order chi connectivity index (χ0) is 20.4. The molecule has 0 aliphatic rings. The number of fused-ring (bicyclic) bond motifs is 3. The van der Waals surface area contributed by atoms with Gasteiger partial charge in [0.2, 0.25) is 0 Å². The number of nitriles is 1. The molecule has 0 aliphatic carbocycles. The van der Waals surface area contributed by atoms with Crippen LogP contribution in [-0.4, -0.2) is 16.5 Å². The first kappa shape index (κ1) is 18.8. The molecular formula is C24H24N4O. The Morgan fingerprint density at radius 1 is 1.14 bits per heavy atom. The van der Waals surface area contributed by atoms with Gasteiger partial charge in [0.25, 0.3) is 0 Å². The van der Waals surface area contributed by atoms with Gasteiger partial charge in [-0.15, -0.1) is 0 Å². The Kier molecular flexibility index (Phi) is 5.09. The Morgan fingerprint density at radius 2 is 1.90 bits per heavy atom. The molecule has 0 saturated carbocycles. The van der Waals surface area contributed by atoms with Crippen LogP contribution in [0.4, 0.5) is 11.5 Å². The molecule has 0 bridgehead atoms. The average Bonchev–Trinajstić information content (AvgIpc) is 3.13. The standard InChI is InChI=1S/C24H24N4O/c1-4-5-8-19-16(2)20(15-25)24-27-21-9-6-7-10-22(21)28(24)23(19)26-17-11-13-18(29-3)14-12-17/h6-7,9-14,26H,4-5,8H2,1-3H3. The fraction of sp³-hybridized carbons (Fsp3) is 0.250. The van der Waals surface area contributed by atoms with Crippen molar-refractivity contribution < 1.29 is 4.74 Å². The van der Waals surface area contributed by atoms with E-state index in [9.17, 15) is 5.26 Å². The Labute approximate surface area is 170 Å². The van der Waals surface area contributed by atoms with E-state index in [2.05, 4.69) is 28.8 Å². The maximum atomic E-state index is 9.89. The van der Waals surface area contributed by atoms with Gasteiger partial charge in [-0.3, -0.25) is 4.40 Å². The van der Waals surface area contributed by atoms with Crippen LogP contribution in [0.5, 0.6) is 5.75 Å². The maximum Gasteiger partial charge on any atom is 0.157 e. The molecule has 0 spiro atoms. The van der Waals surface area contributed by atoms with Crippen LogP contribution in [0.2, 0.25) is 0 Å². The summed E-state index contributed by atoms with van der Waals surface area (Å²) in [5.41, 5.74) is 6.35. The van der Waals surface area contributed by atoms with Crippen molar-refractivity contribution in [3.8, 4) is 11.8 Å². The number of pyridine rings is 1. The molecule has 4 rings (SSSR count). The van der Waals surface area contributed by atoms with Gasteiger partial charge in [-0.25, -0.2) is 4.98 Å². The smallest absolute Gasteiger partial charge is 0.157 e. The highest BCUT2D eigenvalue weighted by Crippen LogP contribution is 2.34. The molecule has 0 unspecified atom stereocenters. The zero-order valence-corrected chi connectivity index (χ0v) is 17.0. The minimum atomic E-state index is 0.646. The summed E-state index contributed by atoms with van der Waals surface area (Å²) in [7, 11) is 1.66. The first-order chi connectivity index (χ1) is 14.2. The van der Waals surface area contributed by atoms with Crippen LogP contribution in [0.1, 0.15) is 36.5 Å². The number of benzene rings is 2. The fourth-order valence-corrected chi connectivity index (χ4v) is 3.79. The lowest BCUT2D eigenvalue weighted by molar-refractivity contribution is 0.415. The number of methoxy groups -OCH3 is 1. The van der Waals surface area contributed by atoms with Gasteiger partial charge in [0.1, 0.15) is 17.6 Å². The lowest BCUT2D eigenvalue weighted by Crippen LogP contribution is -2.08. The maximum absolute atomic E-state index is 9.89. The molecular weight excluding hydrogens is 360 g/mol. The highest BCUT2D eigenvalue weighted by Gasteiger charge is 2.20. The molecule has 0 fully saturated rings. The normalized spacial score (nSPS) is 11.0. The second kappa shape index (κ2) is 7.84. The van der Waals surface area contributed by atoms with Gasteiger partial charge >= 0.3 is 0 Å². The number of anilines is 2. The van der Waals surface area contributed by atoms with Crippen LogP contribution in [0.15, 0.2) is 48.5 Å². The van der Waals surface area contributed by atoms with Gasteiger partial charge in [0, 0.05) is 5.69 Å². The lowest BCUT2D eigenvalue weighted by atomic mass is 9.99. The van der Waals surface area contributed by atoms with E-state index in [1.54, 1.807) is 7.11 Å². The summed E-state index contributed by atoms with van der Waals surface area (Å²) in [5, 5.41) is 13.5. The Balaban J connectivity index is 2.01. The van der Waals surface area contributed by atoms with Gasteiger partial charge in [0.05, 0.1) is 23.7 Å². The second-order valence-corrected chi connectivity index (χ2v) is 7.16. The second-order valence-electron chi connectivity index (χ2n) is 7.16. The summed E-state index contributed by atoms with van der Waals surface area (Å²) >= 11 is 0. The van der Waals surface area contributed by atoms with E-state index >= 15 is 0 Å². The number of hydrogen-bond donors (Lipinski definition) is 1. The highest BCUT2D eigenvalue weighted by atomic mass is 16.5. The van der Waals surface area contributed by atoms with Crippen molar-refractivity contribution >= 4 is 28.2 Å². The van der Waals surface area contributed by atoms with Crippen molar-refractivity contribution in [3.05, 3.63) is 65.2 Å². The Morgan fingerprint density at radius 3 is 2.59 bits per heavy atom. The molecule has 2 heterocycles. The van der Waals surface area contributed by atoms with Gasteiger partial charge in [-0.2, -0.15) is 5.26 Å². The summed E-state index contributed by atoms with van der Waals surface area (Å²) < 4.78 is 7.38. The molecule has 1 N–H and O–H groups in total. The van der Waals surface area contributed by atoms with Crippen molar-refractivity contribution in [1.29, 1.82) is 5.26 Å². The Bertz CT molecular complexity index is 1220. The summed E-state index contributed by atoms with van der Waals surface area (Å²) in [6.45, 7) is 4.21. The number of hydrogen-bond acceptors (Lipinski definition) is 4. The first-order valence-corrected chi connectivity index (χ1v) is 9.91. The number of imidazole rings is 1. The van der Waals surface area contributed by atoms with Crippen molar-refractivity contribution in [2.75, 3.05) is 12.4 Å².